The summed E-state index contributed by atoms with van der Waals surface area (Å²) in [5.74, 6) is -2.61. The van der Waals surface area contributed by atoms with Crippen LogP contribution in [0.15, 0.2) is 15.4 Å². The number of halogens is 3. The Morgan fingerprint density at radius 3 is 2.38 bits per heavy atom. The van der Waals surface area contributed by atoms with Gasteiger partial charge in [0.2, 0.25) is 15.8 Å². The number of aliphatic hydroxyl groups excluding tert-OH is 1. The summed E-state index contributed by atoms with van der Waals surface area (Å²) in [6, 6.07) is 0.633. The third-order valence-corrected chi connectivity index (χ3v) is 4.36. The number of furan rings is 1. The van der Waals surface area contributed by atoms with Gasteiger partial charge in [0, 0.05) is 12.6 Å². The molecule has 120 valence electrons. The van der Waals surface area contributed by atoms with E-state index in [1.807, 2.05) is 0 Å². The summed E-state index contributed by atoms with van der Waals surface area (Å²) in [4.78, 5) is 10.0. The minimum absolute atomic E-state index is 0.0104. The summed E-state index contributed by atoms with van der Waals surface area (Å²) in [5.41, 5.74) is 0. The molecule has 0 aliphatic heterocycles. The maximum atomic E-state index is 12.4. The highest BCUT2D eigenvalue weighted by molar-refractivity contribution is 7.89. The first-order chi connectivity index (χ1) is 9.49. The van der Waals surface area contributed by atoms with Gasteiger partial charge in [-0.15, -0.1) is 0 Å². The number of aromatic carboxylic acids is 1. The fraction of sp³-hybridized carbons (Fsp3) is 0.500. The van der Waals surface area contributed by atoms with E-state index in [1.165, 1.54) is 0 Å². The molecule has 1 aromatic rings. The van der Waals surface area contributed by atoms with Crippen LogP contribution in [0.5, 0.6) is 0 Å². The highest BCUT2D eigenvalue weighted by Crippen LogP contribution is 2.26. The Kier molecular flexibility index (Phi) is 5.02. The summed E-state index contributed by atoms with van der Waals surface area (Å²) < 4.78 is 66.1. The molecule has 1 rings (SSSR count). The number of aliphatic hydroxyl groups is 1. The van der Waals surface area contributed by atoms with Crippen molar-refractivity contribution in [3.05, 3.63) is 17.6 Å². The first-order valence-electron chi connectivity index (χ1n) is 5.50. The van der Waals surface area contributed by atoms with Gasteiger partial charge in [-0.05, 0) is 6.92 Å². The number of aryl methyl sites for hydroxylation is 1. The van der Waals surface area contributed by atoms with E-state index < -0.39 is 52.5 Å². The molecule has 0 radical (unpaired) electrons. The lowest BCUT2D eigenvalue weighted by Crippen LogP contribution is -2.40. The van der Waals surface area contributed by atoms with E-state index in [-0.39, 0.29) is 10.1 Å². The predicted octanol–water partition coefficient (Wildman–Crippen LogP) is 0.832. The van der Waals surface area contributed by atoms with Gasteiger partial charge in [-0.1, -0.05) is 0 Å². The second-order valence-corrected chi connectivity index (χ2v) is 5.92. The van der Waals surface area contributed by atoms with Crippen molar-refractivity contribution in [3.8, 4) is 0 Å². The Morgan fingerprint density at radius 1 is 1.43 bits per heavy atom. The molecule has 0 aromatic carbocycles. The topological polar surface area (TPSA) is 108 Å². The Hall–Kier alpha value is -1.59. The number of carbonyl (C=O) groups is 1. The van der Waals surface area contributed by atoms with Gasteiger partial charge in [-0.3, -0.25) is 0 Å². The van der Waals surface area contributed by atoms with Crippen molar-refractivity contribution in [2.75, 3.05) is 19.7 Å². The predicted molar refractivity (Wildman–Crippen MR) is 62.3 cm³/mol. The molecule has 1 heterocycles. The van der Waals surface area contributed by atoms with Crippen LogP contribution in [0.4, 0.5) is 13.2 Å². The molecule has 0 amide bonds. The van der Waals surface area contributed by atoms with Gasteiger partial charge >= 0.3 is 12.1 Å². The number of sulfonamides is 1. The zero-order chi connectivity index (χ0) is 16.4. The van der Waals surface area contributed by atoms with Gasteiger partial charge in [-0.2, -0.15) is 17.5 Å². The fourth-order valence-electron chi connectivity index (χ4n) is 1.56. The summed E-state index contributed by atoms with van der Waals surface area (Å²) in [7, 11) is -4.64. The molecular weight excluding hydrogens is 319 g/mol. The molecular formula is C10H12F3NO6S. The molecule has 0 saturated carbocycles. The highest BCUT2D eigenvalue weighted by atomic mass is 32.2. The van der Waals surface area contributed by atoms with Crippen LogP contribution in [0.1, 0.15) is 16.3 Å². The highest BCUT2D eigenvalue weighted by Gasteiger charge is 2.38. The van der Waals surface area contributed by atoms with Crippen molar-refractivity contribution in [3.63, 3.8) is 0 Å². The molecule has 0 atom stereocenters. The van der Waals surface area contributed by atoms with Crippen LogP contribution in [0.3, 0.4) is 0 Å². The number of nitrogens with zero attached hydrogens (tertiary/aromatic N) is 1. The lowest BCUT2D eigenvalue weighted by molar-refractivity contribution is -0.136. The smallest absolute Gasteiger partial charge is 0.402 e. The molecule has 0 aliphatic carbocycles. The van der Waals surface area contributed by atoms with Gasteiger partial charge < -0.3 is 14.6 Å². The maximum Gasteiger partial charge on any atom is 0.402 e. The van der Waals surface area contributed by atoms with Crippen LogP contribution in [-0.2, 0) is 10.0 Å². The van der Waals surface area contributed by atoms with E-state index in [2.05, 4.69) is 4.42 Å². The number of rotatable bonds is 6. The first kappa shape index (κ1) is 17.5. The Morgan fingerprint density at radius 2 is 2.00 bits per heavy atom. The molecule has 21 heavy (non-hydrogen) atoms. The second kappa shape index (κ2) is 6.03. The summed E-state index contributed by atoms with van der Waals surface area (Å²) in [5, 5.41) is 17.4. The van der Waals surface area contributed by atoms with Gasteiger partial charge in [0.25, 0.3) is 0 Å². The monoisotopic (exact) mass is 331 g/mol. The summed E-state index contributed by atoms with van der Waals surface area (Å²) in [6.45, 7) is -2.29. The second-order valence-electron chi connectivity index (χ2n) is 4.01. The van der Waals surface area contributed by atoms with Crippen molar-refractivity contribution in [1.29, 1.82) is 0 Å². The van der Waals surface area contributed by atoms with Crippen molar-refractivity contribution in [2.45, 2.75) is 18.0 Å². The summed E-state index contributed by atoms with van der Waals surface area (Å²) in [6.07, 6.45) is -4.81. The zero-order valence-corrected chi connectivity index (χ0v) is 11.5. The van der Waals surface area contributed by atoms with Crippen LogP contribution in [0.25, 0.3) is 0 Å². The average Bonchev–Trinajstić information content (AvgIpc) is 2.70. The molecule has 0 bridgehead atoms. The van der Waals surface area contributed by atoms with E-state index in [4.69, 9.17) is 10.2 Å². The number of hydrogen-bond donors (Lipinski definition) is 2. The fourth-order valence-corrected chi connectivity index (χ4v) is 3.14. The number of carboxylic acid groups (broad SMARTS) is 1. The van der Waals surface area contributed by atoms with Gasteiger partial charge in [0.15, 0.2) is 0 Å². The molecule has 0 aliphatic rings. The normalized spacial score (nSPS) is 12.9. The van der Waals surface area contributed by atoms with Crippen molar-refractivity contribution >= 4 is 16.0 Å². The van der Waals surface area contributed by atoms with Crippen LogP contribution in [0, 0.1) is 6.92 Å². The number of alkyl halides is 3. The van der Waals surface area contributed by atoms with Crippen LogP contribution in [0.2, 0.25) is 0 Å². The minimum atomic E-state index is -4.81. The maximum absolute atomic E-state index is 12.4. The Bertz CT molecular complexity index is 621. The van der Waals surface area contributed by atoms with Gasteiger partial charge in [0.1, 0.15) is 17.2 Å². The van der Waals surface area contributed by atoms with Gasteiger partial charge in [0.05, 0.1) is 6.61 Å². The largest absolute Gasteiger partial charge is 0.475 e. The Balaban J connectivity index is 3.25. The van der Waals surface area contributed by atoms with E-state index in [1.54, 1.807) is 0 Å². The standard InChI is InChI=1S/C10H12F3NO6S/c1-6-8(4-7(20-6)9(16)17)21(18,19)14(2-3-15)5-10(11,12)13/h4,15H,2-3,5H2,1H3,(H,16,17). The molecule has 2 N–H and O–H groups in total. The van der Waals surface area contributed by atoms with E-state index in [9.17, 15) is 26.4 Å². The molecule has 0 fully saturated rings. The molecule has 0 saturated heterocycles. The lowest BCUT2D eigenvalue weighted by atomic mass is 10.4. The van der Waals surface area contributed by atoms with Crippen LogP contribution < -0.4 is 0 Å². The number of hydrogen-bond acceptors (Lipinski definition) is 5. The molecule has 0 unspecified atom stereocenters. The Labute approximate surface area is 117 Å². The average molecular weight is 331 g/mol. The summed E-state index contributed by atoms with van der Waals surface area (Å²) >= 11 is 0. The van der Waals surface area contributed by atoms with Crippen molar-refractivity contribution in [1.82, 2.24) is 4.31 Å². The molecule has 11 heteroatoms. The number of carboxylic acids is 1. The van der Waals surface area contributed by atoms with Crippen LogP contribution >= 0.6 is 0 Å². The van der Waals surface area contributed by atoms with E-state index in [0.717, 1.165) is 6.92 Å². The van der Waals surface area contributed by atoms with E-state index in [0.29, 0.717) is 6.07 Å². The third-order valence-electron chi connectivity index (χ3n) is 2.41. The quantitative estimate of drug-likeness (QED) is 0.799. The zero-order valence-electron chi connectivity index (χ0n) is 10.7. The third kappa shape index (κ3) is 4.19. The van der Waals surface area contributed by atoms with Crippen LogP contribution in [-0.4, -0.2) is 54.8 Å². The van der Waals surface area contributed by atoms with Crippen molar-refractivity contribution < 1.29 is 41.0 Å². The molecule has 1 aromatic heterocycles. The van der Waals surface area contributed by atoms with Gasteiger partial charge in [-0.25, -0.2) is 13.2 Å². The molecule has 7 nitrogen and oxygen atoms in total. The minimum Gasteiger partial charge on any atom is -0.475 e. The van der Waals surface area contributed by atoms with E-state index >= 15 is 0 Å². The SMILES string of the molecule is Cc1oc(C(=O)O)cc1S(=O)(=O)N(CCO)CC(F)(F)F. The lowest BCUT2D eigenvalue weighted by Gasteiger charge is -2.22. The van der Waals surface area contributed by atoms with Crippen molar-refractivity contribution in [2.24, 2.45) is 0 Å². The first-order valence-corrected chi connectivity index (χ1v) is 6.94. The molecule has 0 spiro atoms.